The van der Waals surface area contributed by atoms with Gasteiger partial charge in [0.2, 0.25) is 0 Å². The maximum absolute atomic E-state index is 9.94. The van der Waals surface area contributed by atoms with Crippen LogP contribution in [0.2, 0.25) is 0 Å². The zero-order valence-corrected chi connectivity index (χ0v) is 6.79. The summed E-state index contributed by atoms with van der Waals surface area (Å²) in [5, 5.41) is 4.75. The average molecular weight is 145 g/mol. The molecule has 1 N–H and O–H groups in total. The van der Waals surface area contributed by atoms with Gasteiger partial charge in [0.1, 0.15) is 6.04 Å². The molecule has 1 atom stereocenters. The molecule has 0 rings (SSSR count). The standard InChI is InChI=1S/C6H15N3O/c1-4-7-9(3)5-6(2)8-10/h6-7H,4-5H2,1-3H3. The molecule has 0 aliphatic rings. The summed E-state index contributed by atoms with van der Waals surface area (Å²) in [6.07, 6.45) is 0. The maximum Gasteiger partial charge on any atom is 0.103 e. The average Bonchev–Trinajstić information content (AvgIpc) is 1.88. The lowest BCUT2D eigenvalue weighted by atomic mass is 10.4. The van der Waals surface area contributed by atoms with Crippen LogP contribution in [0.5, 0.6) is 0 Å². The van der Waals surface area contributed by atoms with Crippen LogP contribution < -0.4 is 5.43 Å². The molecule has 0 radical (unpaired) electrons. The van der Waals surface area contributed by atoms with Gasteiger partial charge in [-0.3, -0.25) is 5.43 Å². The van der Waals surface area contributed by atoms with E-state index < -0.39 is 0 Å². The topological polar surface area (TPSA) is 44.7 Å². The van der Waals surface area contributed by atoms with Crippen molar-refractivity contribution in [3.63, 3.8) is 0 Å². The van der Waals surface area contributed by atoms with Crippen molar-refractivity contribution < 1.29 is 0 Å². The van der Waals surface area contributed by atoms with Crippen molar-refractivity contribution in [2.75, 3.05) is 20.1 Å². The second-order valence-corrected chi connectivity index (χ2v) is 2.35. The van der Waals surface area contributed by atoms with E-state index in [1.54, 1.807) is 6.92 Å². The minimum atomic E-state index is -0.135. The van der Waals surface area contributed by atoms with Gasteiger partial charge in [-0.05, 0) is 6.92 Å². The predicted molar refractivity (Wildman–Crippen MR) is 41.6 cm³/mol. The lowest BCUT2D eigenvalue weighted by molar-refractivity contribution is 0.231. The van der Waals surface area contributed by atoms with E-state index in [4.69, 9.17) is 0 Å². The highest BCUT2D eigenvalue weighted by Gasteiger charge is 2.03. The molecule has 0 saturated heterocycles. The monoisotopic (exact) mass is 145 g/mol. The maximum atomic E-state index is 9.94. The second-order valence-electron chi connectivity index (χ2n) is 2.35. The van der Waals surface area contributed by atoms with Gasteiger partial charge in [-0.15, -0.1) is 0 Å². The van der Waals surface area contributed by atoms with Gasteiger partial charge < -0.3 is 0 Å². The molecule has 10 heavy (non-hydrogen) atoms. The van der Waals surface area contributed by atoms with Crippen LogP contribution in [0.1, 0.15) is 13.8 Å². The van der Waals surface area contributed by atoms with Crippen molar-refractivity contribution >= 4 is 0 Å². The molecule has 0 aromatic carbocycles. The van der Waals surface area contributed by atoms with Crippen LogP contribution in [0.15, 0.2) is 5.18 Å². The third kappa shape index (κ3) is 4.40. The zero-order valence-electron chi connectivity index (χ0n) is 6.79. The molecule has 0 heterocycles. The van der Waals surface area contributed by atoms with Gasteiger partial charge in [0, 0.05) is 20.1 Å². The Morgan fingerprint density at radius 2 is 2.30 bits per heavy atom. The molecule has 0 fully saturated rings. The molecule has 0 amide bonds. The number of hydrogen-bond donors (Lipinski definition) is 1. The molecule has 0 aromatic rings. The van der Waals surface area contributed by atoms with E-state index in [0.717, 1.165) is 6.54 Å². The first kappa shape index (κ1) is 9.52. The number of hydrazine groups is 1. The summed E-state index contributed by atoms with van der Waals surface area (Å²) in [5.74, 6) is 0. The summed E-state index contributed by atoms with van der Waals surface area (Å²) in [7, 11) is 1.89. The Morgan fingerprint density at radius 3 is 2.70 bits per heavy atom. The fourth-order valence-electron chi connectivity index (χ4n) is 0.764. The first-order valence-corrected chi connectivity index (χ1v) is 3.47. The van der Waals surface area contributed by atoms with Crippen LogP contribution in [0.4, 0.5) is 0 Å². The summed E-state index contributed by atoms with van der Waals surface area (Å²) in [5.41, 5.74) is 3.05. The quantitative estimate of drug-likeness (QED) is 0.455. The van der Waals surface area contributed by atoms with Gasteiger partial charge >= 0.3 is 0 Å². The van der Waals surface area contributed by atoms with E-state index in [-0.39, 0.29) is 6.04 Å². The van der Waals surface area contributed by atoms with Crippen LogP contribution in [-0.2, 0) is 0 Å². The summed E-state index contributed by atoms with van der Waals surface area (Å²) < 4.78 is 0. The molecule has 60 valence electrons. The van der Waals surface area contributed by atoms with Gasteiger partial charge in [-0.25, -0.2) is 5.01 Å². The molecule has 4 nitrogen and oxygen atoms in total. The van der Waals surface area contributed by atoms with E-state index in [9.17, 15) is 4.91 Å². The van der Waals surface area contributed by atoms with Gasteiger partial charge in [-0.2, -0.15) is 4.91 Å². The Labute approximate surface area is 61.5 Å². The number of nitrogens with one attached hydrogen (secondary N) is 1. The second kappa shape index (κ2) is 5.32. The van der Waals surface area contributed by atoms with Crippen LogP contribution in [0.3, 0.4) is 0 Å². The van der Waals surface area contributed by atoms with Crippen LogP contribution in [-0.4, -0.2) is 31.2 Å². The summed E-state index contributed by atoms with van der Waals surface area (Å²) >= 11 is 0. The molecule has 0 saturated carbocycles. The largest absolute Gasteiger partial charge is 0.256 e. The molecule has 0 aromatic heterocycles. The molecular formula is C6H15N3O. The minimum Gasteiger partial charge on any atom is -0.256 e. The third-order valence-electron chi connectivity index (χ3n) is 1.15. The number of nitrogens with zero attached hydrogens (tertiary/aromatic N) is 2. The Balaban J connectivity index is 3.36. The molecule has 0 bridgehead atoms. The van der Waals surface area contributed by atoms with E-state index >= 15 is 0 Å². The minimum absolute atomic E-state index is 0.135. The molecule has 0 spiro atoms. The van der Waals surface area contributed by atoms with E-state index in [0.29, 0.717) is 6.54 Å². The van der Waals surface area contributed by atoms with Gasteiger partial charge in [0.25, 0.3) is 0 Å². The SMILES string of the molecule is CCNN(C)CC(C)N=O. The summed E-state index contributed by atoms with van der Waals surface area (Å²) in [6.45, 7) is 5.34. The highest BCUT2D eigenvalue weighted by molar-refractivity contribution is 4.60. The van der Waals surface area contributed by atoms with Crippen LogP contribution in [0, 0.1) is 4.91 Å². The smallest absolute Gasteiger partial charge is 0.103 e. The first-order chi connectivity index (χ1) is 4.70. The van der Waals surface area contributed by atoms with E-state index in [1.165, 1.54) is 0 Å². The van der Waals surface area contributed by atoms with Crippen molar-refractivity contribution in [3.8, 4) is 0 Å². The van der Waals surface area contributed by atoms with Crippen molar-refractivity contribution in [2.24, 2.45) is 5.18 Å². The molecular weight excluding hydrogens is 130 g/mol. The fraction of sp³-hybridized carbons (Fsp3) is 1.00. The molecule has 0 aliphatic carbocycles. The number of hydrogen-bond acceptors (Lipinski definition) is 4. The van der Waals surface area contributed by atoms with E-state index in [2.05, 4.69) is 10.6 Å². The van der Waals surface area contributed by atoms with Crippen molar-refractivity contribution in [1.29, 1.82) is 0 Å². The predicted octanol–water partition coefficient (Wildman–Crippen LogP) is 0.598. The van der Waals surface area contributed by atoms with Gasteiger partial charge in [0.05, 0.1) is 0 Å². The third-order valence-corrected chi connectivity index (χ3v) is 1.15. The molecule has 1 unspecified atom stereocenters. The van der Waals surface area contributed by atoms with Crippen LogP contribution in [0.25, 0.3) is 0 Å². The molecule has 4 heteroatoms. The van der Waals surface area contributed by atoms with Crippen molar-refractivity contribution in [1.82, 2.24) is 10.4 Å². The molecule has 0 aliphatic heterocycles. The Kier molecular flexibility index (Phi) is 5.06. The lowest BCUT2D eigenvalue weighted by Crippen LogP contribution is -2.38. The number of nitroso groups, excluding NO2 is 1. The van der Waals surface area contributed by atoms with Crippen LogP contribution >= 0.6 is 0 Å². The Hall–Kier alpha value is -0.480. The first-order valence-electron chi connectivity index (χ1n) is 3.47. The summed E-state index contributed by atoms with van der Waals surface area (Å²) in [6, 6.07) is -0.135. The summed E-state index contributed by atoms with van der Waals surface area (Å²) in [4.78, 5) is 9.94. The van der Waals surface area contributed by atoms with Crippen molar-refractivity contribution in [3.05, 3.63) is 4.91 Å². The lowest BCUT2D eigenvalue weighted by Gasteiger charge is -2.17. The van der Waals surface area contributed by atoms with Gasteiger partial charge in [0.15, 0.2) is 0 Å². The van der Waals surface area contributed by atoms with E-state index in [1.807, 2.05) is 19.0 Å². The van der Waals surface area contributed by atoms with Gasteiger partial charge in [-0.1, -0.05) is 12.1 Å². The Morgan fingerprint density at radius 1 is 1.70 bits per heavy atom. The zero-order chi connectivity index (χ0) is 7.98. The highest BCUT2D eigenvalue weighted by atomic mass is 16.3. The number of likely N-dealkylation sites (N-methyl/N-ethyl adjacent to an activating group) is 1. The number of rotatable bonds is 5. The highest BCUT2D eigenvalue weighted by Crippen LogP contribution is 1.88. The normalized spacial score (nSPS) is 13.6. The fourth-order valence-corrected chi connectivity index (χ4v) is 0.764. The van der Waals surface area contributed by atoms with Crippen molar-refractivity contribution in [2.45, 2.75) is 19.9 Å². The Bertz CT molecular complexity index is 97.0.